The van der Waals surface area contributed by atoms with Crippen molar-refractivity contribution in [2.45, 2.75) is 37.9 Å². The van der Waals surface area contributed by atoms with Gasteiger partial charge in [-0.1, -0.05) is 19.9 Å². The number of sulfonamides is 1. The molecule has 0 unspecified atom stereocenters. The van der Waals surface area contributed by atoms with E-state index in [0.717, 1.165) is 18.5 Å². The van der Waals surface area contributed by atoms with Crippen LogP contribution in [0.1, 0.15) is 25.8 Å². The van der Waals surface area contributed by atoms with Crippen molar-refractivity contribution in [1.29, 1.82) is 0 Å². The van der Waals surface area contributed by atoms with Gasteiger partial charge in [-0.05, 0) is 38.7 Å². The molecule has 1 rings (SSSR count). The van der Waals surface area contributed by atoms with Crippen molar-refractivity contribution in [3.63, 3.8) is 0 Å². The van der Waals surface area contributed by atoms with Crippen molar-refractivity contribution in [3.05, 3.63) is 23.9 Å². The molecule has 120 valence electrons. The van der Waals surface area contributed by atoms with E-state index in [9.17, 15) is 8.42 Å². The van der Waals surface area contributed by atoms with Gasteiger partial charge in [-0.2, -0.15) is 0 Å². The van der Waals surface area contributed by atoms with Gasteiger partial charge in [0.2, 0.25) is 0 Å². The van der Waals surface area contributed by atoms with Crippen LogP contribution in [0.5, 0.6) is 0 Å². The Labute approximate surface area is 128 Å². The van der Waals surface area contributed by atoms with Crippen LogP contribution in [-0.2, 0) is 16.6 Å². The average molecular weight is 314 g/mol. The smallest absolute Gasteiger partial charge is 0.258 e. The van der Waals surface area contributed by atoms with Gasteiger partial charge in [-0.3, -0.25) is 0 Å². The van der Waals surface area contributed by atoms with Crippen LogP contribution >= 0.6 is 0 Å². The van der Waals surface area contributed by atoms with E-state index in [4.69, 9.17) is 0 Å². The largest absolute Gasteiger partial charge is 0.310 e. The fourth-order valence-electron chi connectivity index (χ4n) is 1.67. The second kappa shape index (κ2) is 8.43. The Morgan fingerprint density at radius 3 is 2.52 bits per heavy atom. The van der Waals surface area contributed by atoms with Crippen molar-refractivity contribution >= 4 is 10.0 Å². The second-order valence-electron chi connectivity index (χ2n) is 5.59. The Hall–Kier alpha value is -1.02. The fraction of sp³-hybridized carbons (Fsp3) is 0.643. The molecule has 21 heavy (non-hydrogen) atoms. The van der Waals surface area contributed by atoms with Gasteiger partial charge in [-0.15, -0.1) is 0 Å². The number of hydrogen-bond acceptors (Lipinski definition) is 5. The summed E-state index contributed by atoms with van der Waals surface area (Å²) in [5.41, 5.74) is 0.968. The Bertz CT molecular complexity index is 512. The van der Waals surface area contributed by atoms with Gasteiger partial charge in [-0.25, -0.2) is 18.1 Å². The average Bonchev–Trinajstić information content (AvgIpc) is 2.41. The Morgan fingerprint density at radius 1 is 1.29 bits per heavy atom. The van der Waals surface area contributed by atoms with Gasteiger partial charge < -0.3 is 10.2 Å². The molecule has 1 aromatic heterocycles. The number of rotatable bonds is 9. The van der Waals surface area contributed by atoms with Crippen molar-refractivity contribution in [2.24, 2.45) is 0 Å². The minimum absolute atomic E-state index is 0.0700. The zero-order valence-corrected chi connectivity index (χ0v) is 14.1. The van der Waals surface area contributed by atoms with Crippen molar-refractivity contribution in [2.75, 3.05) is 27.2 Å². The topological polar surface area (TPSA) is 74.3 Å². The van der Waals surface area contributed by atoms with E-state index in [2.05, 4.69) is 28.9 Å². The molecule has 6 nitrogen and oxygen atoms in total. The van der Waals surface area contributed by atoms with E-state index in [-0.39, 0.29) is 5.03 Å². The van der Waals surface area contributed by atoms with Gasteiger partial charge in [0.15, 0.2) is 5.03 Å². The van der Waals surface area contributed by atoms with E-state index in [1.54, 1.807) is 18.3 Å². The monoisotopic (exact) mass is 314 g/mol. The highest BCUT2D eigenvalue weighted by molar-refractivity contribution is 7.89. The zero-order valence-electron chi connectivity index (χ0n) is 13.3. The summed E-state index contributed by atoms with van der Waals surface area (Å²) in [5.74, 6) is 0. The molecule has 0 aliphatic carbocycles. The van der Waals surface area contributed by atoms with E-state index in [1.807, 2.05) is 19.0 Å². The highest BCUT2D eigenvalue weighted by atomic mass is 32.2. The predicted octanol–water partition coefficient (Wildman–Crippen LogP) is 0.810. The zero-order chi connectivity index (χ0) is 15.9. The summed E-state index contributed by atoms with van der Waals surface area (Å²) in [7, 11) is 0.410. The molecule has 1 heterocycles. The molecule has 0 aliphatic heterocycles. The summed E-state index contributed by atoms with van der Waals surface area (Å²) in [6.07, 6.45) is 2.37. The van der Waals surface area contributed by atoms with Crippen LogP contribution in [0.4, 0.5) is 0 Å². The van der Waals surface area contributed by atoms with Crippen molar-refractivity contribution < 1.29 is 8.42 Å². The maximum absolute atomic E-state index is 12.1. The summed E-state index contributed by atoms with van der Waals surface area (Å²) in [6.45, 7) is 6.06. The van der Waals surface area contributed by atoms with Crippen LogP contribution in [0.15, 0.2) is 23.4 Å². The van der Waals surface area contributed by atoms with Crippen LogP contribution in [-0.4, -0.2) is 51.5 Å². The summed E-state index contributed by atoms with van der Waals surface area (Å²) < 4.78 is 26.7. The first kappa shape index (κ1) is 18.0. The Morgan fingerprint density at radius 2 is 2.00 bits per heavy atom. The summed E-state index contributed by atoms with van der Waals surface area (Å²) in [4.78, 5) is 6.06. The lowest BCUT2D eigenvalue weighted by Crippen LogP contribution is -2.28. The maximum Gasteiger partial charge on any atom is 0.258 e. The van der Waals surface area contributed by atoms with Gasteiger partial charge in [0.25, 0.3) is 10.0 Å². The Kier molecular flexibility index (Phi) is 7.24. The lowest BCUT2D eigenvalue weighted by Gasteiger charge is -2.11. The molecule has 0 aromatic carbocycles. The predicted molar refractivity (Wildman–Crippen MR) is 84.6 cm³/mol. The number of hydrogen-bond donors (Lipinski definition) is 2. The lowest BCUT2D eigenvalue weighted by atomic mass is 10.2. The summed E-state index contributed by atoms with van der Waals surface area (Å²) >= 11 is 0. The molecule has 1 aromatic rings. The van der Waals surface area contributed by atoms with Gasteiger partial charge in [0.05, 0.1) is 0 Å². The quantitative estimate of drug-likeness (QED) is 0.660. The molecule has 0 fully saturated rings. The van der Waals surface area contributed by atoms with Crippen molar-refractivity contribution in [1.82, 2.24) is 19.9 Å². The molecule has 7 heteroatoms. The van der Waals surface area contributed by atoms with Crippen LogP contribution in [0.3, 0.4) is 0 Å². The second-order valence-corrected chi connectivity index (χ2v) is 7.31. The maximum atomic E-state index is 12.1. The first-order chi connectivity index (χ1) is 9.81. The molecule has 0 amide bonds. The third-order valence-electron chi connectivity index (χ3n) is 2.86. The highest BCUT2D eigenvalue weighted by Crippen LogP contribution is 2.06. The molecule has 0 radical (unpaired) electrons. The number of nitrogens with one attached hydrogen (secondary N) is 2. The summed E-state index contributed by atoms with van der Waals surface area (Å²) in [5, 5.41) is 3.33. The lowest BCUT2D eigenvalue weighted by molar-refractivity contribution is 0.400. The van der Waals surface area contributed by atoms with E-state index in [0.29, 0.717) is 19.1 Å². The molecule has 0 spiro atoms. The third-order valence-corrected chi connectivity index (χ3v) is 4.24. The van der Waals surface area contributed by atoms with E-state index in [1.165, 1.54) is 0 Å². The first-order valence-corrected chi connectivity index (χ1v) is 8.62. The molecule has 0 atom stereocenters. The molecule has 0 saturated heterocycles. The van der Waals surface area contributed by atoms with Crippen LogP contribution in [0, 0.1) is 0 Å². The molecule has 0 aliphatic rings. The number of pyridine rings is 1. The fourth-order valence-corrected chi connectivity index (χ4v) is 2.67. The minimum atomic E-state index is -3.51. The van der Waals surface area contributed by atoms with Gasteiger partial charge in [0.1, 0.15) is 0 Å². The van der Waals surface area contributed by atoms with Crippen LogP contribution in [0.2, 0.25) is 0 Å². The normalized spacial score (nSPS) is 12.3. The molecule has 0 bridgehead atoms. The summed E-state index contributed by atoms with van der Waals surface area (Å²) in [6, 6.07) is 3.72. The highest BCUT2D eigenvalue weighted by Gasteiger charge is 2.14. The molecular formula is C14H26N4O2S. The molecule has 0 saturated carbocycles. The van der Waals surface area contributed by atoms with Crippen LogP contribution in [0.25, 0.3) is 0 Å². The van der Waals surface area contributed by atoms with E-state index >= 15 is 0 Å². The molecular weight excluding hydrogens is 288 g/mol. The van der Waals surface area contributed by atoms with E-state index < -0.39 is 10.0 Å². The first-order valence-electron chi connectivity index (χ1n) is 7.14. The Balaban J connectivity index is 2.54. The standard InChI is InChI=1S/C14H26N4O2S/c1-12(2)15-10-13-6-7-14(16-11-13)21(19,20)17-8-5-9-18(3)4/h6-7,11-12,15,17H,5,8-10H2,1-4H3. The van der Waals surface area contributed by atoms with Crippen molar-refractivity contribution in [3.8, 4) is 0 Å². The number of nitrogens with zero attached hydrogens (tertiary/aromatic N) is 2. The minimum Gasteiger partial charge on any atom is -0.310 e. The molecule has 2 N–H and O–H groups in total. The number of aromatic nitrogens is 1. The van der Waals surface area contributed by atoms with Gasteiger partial charge in [0, 0.05) is 25.3 Å². The van der Waals surface area contributed by atoms with Crippen LogP contribution < -0.4 is 10.0 Å². The van der Waals surface area contributed by atoms with Gasteiger partial charge >= 0.3 is 0 Å². The SMILES string of the molecule is CC(C)NCc1ccc(S(=O)(=O)NCCCN(C)C)nc1. The third kappa shape index (κ3) is 6.99.